The van der Waals surface area contributed by atoms with Crippen LogP contribution in [0.4, 0.5) is 0 Å². The van der Waals surface area contributed by atoms with Crippen LogP contribution in [0.1, 0.15) is 46.0 Å². The van der Waals surface area contributed by atoms with Gasteiger partial charge < -0.3 is 11.1 Å². The van der Waals surface area contributed by atoms with Crippen LogP contribution in [0, 0.1) is 11.8 Å². The fourth-order valence-electron chi connectivity index (χ4n) is 3.80. The molecule has 0 aromatic rings. The molecule has 0 aromatic heterocycles. The Hall–Kier alpha value is -0.610. The lowest BCUT2D eigenvalue weighted by atomic mass is 9.70. The Morgan fingerprint density at radius 2 is 2.11 bits per heavy atom. The number of rotatable bonds is 3. The first-order chi connectivity index (χ1) is 9.06. The first-order valence-electron chi connectivity index (χ1n) is 7.82. The van der Waals surface area contributed by atoms with E-state index in [0.29, 0.717) is 11.8 Å². The second-order valence-corrected chi connectivity index (χ2v) is 6.59. The molecule has 0 spiro atoms. The van der Waals surface area contributed by atoms with Crippen molar-refractivity contribution >= 4 is 5.91 Å². The summed E-state index contributed by atoms with van der Waals surface area (Å²) in [5, 5.41) is 3.41. The van der Waals surface area contributed by atoms with Crippen LogP contribution < -0.4 is 11.1 Å². The largest absolute Gasteiger partial charge is 0.368 e. The van der Waals surface area contributed by atoms with Gasteiger partial charge in [0.25, 0.3) is 0 Å². The van der Waals surface area contributed by atoms with E-state index < -0.39 is 0 Å². The molecule has 2 fully saturated rings. The van der Waals surface area contributed by atoms with Gasteiger partial charge in [-0.1, -0.05) is 26.7 Å². The number of hydrogen-bond acceptors (Lipinski definition) is 3. The maximum Gasteiger partial charge on any atom is 0.237 e. The van der Waals surface area contributed by atoms with Gasteiger partial charge in [-0.2, -0.15) is 0 Å². The minimum atomic E-state index is -0.376. The highest BCUT2D eigenvalue weighted by Crippen LogP contribution is 2.40. The van der Waals surface area contributed by atoms with E-state index in [2.05, 4.69) is 24.1 Å². The molecule has 2 rings (SSSR count). The molecule has 4 heteroatoms. The lowest BCUT2D eigenvalue weighted by molar-refractivity contribution is -0.134. The first kappa shape index (κ1) is 14.8. The fourth-order valence-corrected chi connectivity index (χ4v) is 3.80. The molecule has 1 saturated carbocycles. The second kappa shape index (κ2) is 6.23. The molecule has 2 atom stereocenters. The number of nitrogens with zero attached hydrogens (tertiary/aromatic N) is 1. The molecule has 1 aliphatic carbocycles. The Morgan fingerprint density at radius 1 is 1.32 bits per heavy atom. The zero-order valence-electron chi connectivity index (χ0n) is 12.5. The van der Waals surface area contributed by atoms with Crippen molar-refractivity contribution in [2.45, 2.75) is 51.5 Å². The second-order valence-electron chi connectivity index (χ2n) is 6.59. The molecule has 1 saturated heterocycles. The third-order valence-corrected chi connectivity index (χ3v) is 5.11. The molecule has 1 heterocycles. The van der Waals surface area contributed by atoms with Crippen LogP contribution in [0.5, 0.6) is 0 Å². The Labute approximate surface area is 117 Å². The van der Waals surface area contributed by atoms with Crippen LogP contribution in [0.25, 0.3) is 0 Å². The van der Waals surface area contributed by atoms with Gasteiger partial charge in [-0.25, -0.2) is 0 Å². The average Bonchev–Trinajstić information content (AvgIpc) is 2.67. The van der Waals surface area contributed by atoms with Crippen LogP contribution >= 0.6 is 0 Å². The summed E-state index contributed by atoms with van der Waals surface area (Å²) in [5.41, 5.74) is 5.47. The Balaban J connectivity index is 2.18. The number of hydrogen-bond donors (Lipinski definition) is 2. The number of nitrogens with two attached hydrogens (primary N) is 1. The Morgan fingerprint density at radius 3 is 2.79 bits per heavy atom. The number of carbonyl (C=O) groups is 1. The Bertz CT molecular complexity index is 311. The zero-order chi connectivity index (χ0) is 13.9. The van der Waals surface area contributed by atoms with Crippen molar-refractivity contribution in [3.63, 3.8) is 0 Å². The van der Waals surface area contributed by atoms with E-state index in [1.54, 1.807) is 0 Å². The van der Waals surface area contributed by atoms with Crippen molar-refractivity contribution in [1.82, 2.24) is 10.2 Å². The van der Waals surface area contributed by atoms with Gasteiger partial charge in [-0.15, -0.1) is 0 Å². The zero-order valence-corrected chi connectivity index (χ0v) is 12.5. The number of amides is 1. The number of carbonyl (C=O) groups excluding carboxylic acids is 1. The average molecular weight is 267 g/mol. The molecule has 110 valence electrons. The van der Waals surface area contributed by atoms with Gasteiger partial charge in [0.2, 0.25) is 5.91 Å². The highest BCUT2D eigenvalue weighted by molar-refractivity contribution is 5.84. The molecule has 0 bridgehead atoms. The minimum Gasteiger partial charge on any atom is -0.368 e. The van der Waals surface area contributed by atoms with Crippen molar-refractivity contribution in [2.24, 2.45) is 17.6 Å². The maximum atomic E-state index is 12.2. The molecule has 0 radical (unpaired) electrons. The van der Waals surface area contributed by atoms with Crippen LogP contribution in [0.3, 0.4) is 0 Å². The van der Waals surface area contributed by atoms with Crippen molar-refractivity contribution < 1.29 is 4.79 Å². The van der Waals surface area contributed by atoms with Crippen molar-refractivity contribution in [3.8, 4) is 0 Å². The monoisotopic (exact) mass is 267 g/mol. The van der Waals surface area contributed by atoms with Gasteiger partial charge in [0.15, 0.2) is 0 Å². The van der Waals surface area contributed by atoms with E-state index >= 15 is 0 Å². The van der Waals surface area contributed by atoms with Gasteiger partial charge in [0, 0.05) is 19.6 Å². The summed E-state index contributed by atoms with van der Waals surface area (Å²) in [4.78, 5) is 14.6. The summed E-state index contributed by atoms with van der Waals surface area (Å²) < 4.78 is 0. The molecule has 1 aliphatic heterocycles. The van der Waals surface area contributed by atoms with Crippen LogP contribution in [-0.2, 0) is 4.79 Å². The molecule has 2 unspecified atom stereocenters. The van der Waals surface area contributed by atoms with Crippen molar-refractivity contribution in [3.05, 3.63) is 0 Å². The summed E-state index contributed by atoms with van der Waals surface area (Å²) in [5.74, 6) is 1.18. The molecule has 3 N–H and O–H groups in total. The molecule has 0 aromatic carbocycles. The fraction of sp³-hybridized carbons (Fsp3) is 0.933. The molecular weight excluding hydrogens is 238 g/mol. The minimum absolute atomic E-state index is 0.0975. The van der Waals surface area contributed by atoms with E-state index in [1.165, 1.54) is 6.42 Å². The van der Waals surface area contributed by atoms with Crippen molar-refractivity contribution in [1.29, 1.82) is 0 Å². The maximum absolute atomic E-state index is 12.2. The van der Waals surface area contributed by atoms with Gasteiger partial charge in [-0.05, 0) is 37.6 Å². The topological polar surface area (TPSA) is 58.4 Å². The summed E-state index contributed by atoms with van der Waals surface area (Å²) in [6.45, 7) is 8.52. The van der Waals surface area contributed by atoms with Gasteiger partial charge in [0.1, 0.15) is 5.54 Å². The van der Waals surface area contributed by atoms with Gasteiger partial charge in [0.05, 0.1) is 0 Å². The lowest BCUT2D eigenvalue weighted by Crippen LogP contribution is -2.60. The predicted octanol–water partition coefficient (Wildman–Crippen LogP) is 1.35. The third kappa shape index (κ3) is 3.11. The highest BCUT2D eigenvalue weighted by atomic mass is 16.1. The first-order valence-corrected chi connectivity index (χ1v) is 7.82. The van der Waals surface area contributed by atoms with Crippen LogP contribution in [-0.4, -0.2) is 42.5 Å². The van der Waals surface area contributed by atoms with Crippen LogP contribution in [0.15, 0.2) is 0 Å². The summed E-state index contributed by atoms with van der Waals surface area (Å²) in [6.07, 6.45) is 5.40. The smallest absolute Gasteiger partial charge is 0.237 e. The Kier molecular flexibility index (Phi) is 4.85. The van der Waals surface area contributed by atoms with E-state index in [1.807, 2.05) is 0 Å². The van der Waals surface area contributed by atoms with Crippen LogP contribution in [0.2, 0.25) is 0 Å². The van der Waals surface area contributed by atoms with E-state index in [0.717, 1.165) is 51.9 Å². The summed E-state index contributed by atoms with van der Waals surface area (Å²) >= 11 is 0. The summed E-state index contributed by atoms with van der Waals surface area (Å²) in [7, 11) is 0. The van der Waals surface area contributed by atoms with Gasteiger partial charge >= 0.3 is 0 Å². The normalized spacial score (nSPS) is 34.2. The molecular formula is C15H29N3O. The number of nitrogens with one attached hydrogen (secondary N) is 1. The standard InChI is InChI=1S/C15H29N3O/c1-12(2)13-5-3-6-15(11-13,14(16)19)18-9-4-7-17-8-10-18/h12-13,17H,3-11H2,1-2H3,(H2,16,19). The van der Waals surface area contributed by atoms with Crippen molar-refractivity contribution in [2.75, 3.05) is 26.2 Å². The molecule has 2 aliphatic rings. The predicted molar refractivity (Wildman–Crippen MR) is 77.8 cm³/mol. The highest BCUT2D eigenvalue weighted by Gasteiger charge is 2.46. The van der Waals surface area contributed by atoms with E-state index in [4.69, 9.17) is 5.73 Å². The third-order valence-electron chi connectivity index (χ3n) is 5.11. The lowest BCUT2D eigenvalue weighted by Gasteiger charge is -2.47. The van der Waals surface area contributed by atoms with Gasteiger partial charge in [-0.3, -0.25) is 9.69 Å². The quantitative estimate of drug-likeness (QED) is 0.811. The molecule has 4 nitrogen and oxygen atoms in total. The van der Waals surface area contributed by atoms with E-state index in [-0.39, 0.29) is 11.4 Å². The number of primary amides is 1. The summed E-state index contributed by atoms with van der Waals surface area (Å²) in [6, 6.07) is 0. The molecule has 19 heavy (non-hydrogen) atoms. The SMILES string of the molecule is CC(C)C1CCCC(C(N)=O)(N2CCCNCC2)C1. The van der Waals surface area contributed by atoms with E-state index in [9.17, 15) is 4.79 Å². The molecule has 1 amide bonds.